The first-order valence-corrected chi connectivity index (χ1v) is 5.21. The summed E-state index contributed by atoms with van der Waals surface area (Å²) in [5, 5.41) is 14.2. The number of nitrogens with two attached hydrogens (primary N) is 1. The van der Waals surface area contributed by atoms with Crippen molar-refractivity contribution in [3.05, 3.63) is 24.3 Å². The van der Waals surface area contributed by atoms with Gasteiger partial charge in [0, 0.05) is 17.8 Å². The van der Waals surface area contributed by atoms with Crippen molar-refractivity contribution in [2.75, 3.05) is 11.1 Å². The van der Waals surface area contributed by atoms with Crippen LogP contribution in [0.1, 0.15) is 6.42 Å². The van der Waals surface area contributed by atoms with Crippen LogP contribution in [0.15, 0.2) is 24.3 Å². The molecule has 0 unspecified atom stereocenters. The molecule has 1 aromatic rings. The molecule has 0 bridgehead atoms. The molecular weight excluding hydrogens is 222 g/mol. The fourth-order valence-electron chi connectivity index (χ4n) is 1.74. The number of amides is 1. The minimum absolute atomic E-state index is 0.235. The third-order valence-electron chi connectivity index (χ3n) is 2.65. The monoisotopic (exact) mass is 235 g/mol. The summed E-state index contributed by atoms with van der Waals surface area (Å²) in [6.07, 6.45) is 0.235. The maximum atomic E-state index is 11.5. The predicted octanol–water partition coefficient (Wildman–Crippen LogP) is 0.0224. The molecule has 6 nitrogen and oxygen atoms in total. The molecule has 1 aromatic carbocycles. The topological polar surface area (TPSA) is 104 Å². The lowest BCUT2D eigenvalue weighted by molar-refractivity contribution is -0.140. The van der Waals surface area contributed by atoms with Crippen molar-refractivity contribution < 1.29 is 14.7 Å². The van der Waals surface area contributed by atoms with E-state index in [1.165, 1.54) is 0 Å². The minimum Gasteiger partial charge on any atom is -0.480 e. The standard InChI is InChI=1S/C11H13N3O3/c12-6-1-3-7(4-2-6)13-8-5-9(11(16)17)14-10(8)15/h1-4,8-9,13H,5,12H2,(H,14,15)(H,16,17)/t8-,9+/m1/s1. The van der Waals surface area contributed by atoms with Gasteiger partial charge in [0.05, 0.1) is 0 Å². The Hall–Kier alpha value is -2.24. The molecule has 1 heterocycles. The Morgan fingerprint density at radius 2 is 2.06 bits per heavy atom. The van der Waals surface area contributed by atoms with Gasteiger partial charge in [0.25, 0.3) is 0 Å². The molecule has 6 heteroatoms. The quantitative estimate of drug-likeness (QED) is 0.553. The van der Waals surface area contributed by atoms with Gasteiger partial charge in [-0.15, -0.1) is 0 Å². The largest absolute Gasteiger partial charge is 0.480 e. The van der Waals surface area contributed by atoms with Crippen LogP contribution in [0.5, 0.6) is 0 Å². The Balaban J connectivity index is 2.02. The van der Waals surface area contributed by atoms with Crippen molar-refractivity contribution in [3.63, 3.8) is 0 Å². The van der Waals surface area contributed by atoms with Crippen molar-refractivity contribution in [2.24, 2.45) is 0 Å². The lowest BCUT2D eigenvalue weighted by Crippen LogP contribution is -2.34. The summed E-state index contributed by atoms with van der Waals surface area (Å²) in [4.78, 5) is 22.2. The van der Waals surface area contributed by atoms with Crippen LogP contribution in [0.2, 0.25) is 0 Å². The number of nitrogens with one attached hydrogen (secondary N) is 2. The van der Waals surface area contributed by atoms with Crippen molar-refractivity contribution in [2.45, 2.75) is 18.5 Å². The van der Waals surface area contributed by atoms with Crippen LogP contribution >= 0.6 is 0 Å². The number of aliphatic carboxylic acids is 1. The normalized spacial score (nSPS) is 23.2. The van der Waals surface area contributed by atoms with E-state index < -0.39 is 18.1 Å². The van der Waals surface area contributed by atoms with E-state index in [1.54, 1.807) is 24.3 Å². The van der Waals surface area contributed by atoms with Gasteiger partial charge >= 0.3 is 5.97 Å². The molecule has 1 saturated heterocycles. The summed E-state index contributed by atoms with van der Waals surface area (Å²) in [6.45, 7) is 0. The Kier molecular flexibility index (Phi) is 2.86. The van der Waals surface area contributed by atoms with Crippen LogP contribution in [0.4, 0.5) is 11.4 Å². The number of carbonyl (C=O) groups is 2. The SMILES string of the molecule is Nc1ccc(N[C@@H]2C[C@@H](C(=O)O)NC2=O)cc1. The smallest absolute Gasteiger partial charge is 0.326 e. The van der Waals surface area contributed by atoms with Gasteiger partial charge in [-0.1, -0.05) is 0 Å². The van der Waals surface area contributed by atoms with Crippen LogP contribution in [0.25, 0.3) is 0 Å². The second kappa shape index (κ2) is 4.32. The van der Waals surface area contributed by atoms with Crippen molar-refractivity contribution in [1.82, 2.24) is 5.32 Å². The summed E-state index contributed by atoms with van der Waals surface area (Å²) < 4.78 is 0. The molecule has 1 amide bonds. The third kappa shape index (κ3) is 2.47. The zero-order chi connectivity index (χ0) is 12.4. The van der Waals surface area contributed by atoms with Gasteiger partial charge < -0.3 is 21.5 Å². The van der Waals surface area contributed by atoms with E-state index in [4.69, 9.17) is 10.8 Å². The fraction of sp³-hybridized carbons (Fsp3) is 0.273. The molecule has 0 aliphatic carbocycles. The van der Waals surface area contributed by atoms with Gasteiger partial charge in [-0.3, -0.25) is 4.79 Å². The van der Waals surface area contributed by atoms with Crippen molar-refractivity contribution >= 4 is 23.3 Å². The van der Waals surface area contributed by atoms with E-state index >= 15 is 0 Å². The van der Waals surface area contributed by atoms with Crippen LogP contribution in [0, 0.1) is 0 Å². The fourth-order valence-corrected chi connectivity index (χ4v) is 1.74. The number of benzene rings is 1. The van der Waals surface area contributed by atoms with E-state index in [-0.39, 0.29) is 12.3 Å². The molecule has 1 aliphatic heterocycles. The number of carbonyl (C=O) groups excluding carboxylic acids is 1. The number of nitrogen functional groups attached to an aromatic ring is 1. The summed E-state index contributed by atoms with van der Waals surface area (Å²) in [5.74, 6) is -1.31. The Morgan fingerprint density at radius 3 is 2.59 bits per heavy atom. The molecule has 0 saturated carbocycles. The van der Waals surface area contributed by atoms with E-state index in [1.807, 2.05) is 0 Å². The van der Waals surface area contributed by atoms with Crippen LogP contribution in [-0.4, -0.2) is 29.1 Å². The average Bonchev–Trinajstić information content (AvgIpc) is 2.64. The number of hydrogen-bond donors (Lipinski definition) is 4. The van der Waals surface area contributed by atoms with E-state index in [0.717, 1.165) is 5.69 Å². The van der Waals surface area contributed by atoms with Crippen molar-refractivity contribution in [1.29, 1.82) is 0 Å². The first-order chi connectivity index (χ1) is 8.06. The van der Waals surface area contributed by atoms with Gasteiger partial charge in [0.15, 0.2) is 0 Å². The predicted molar refractivity (Wildman–Crippen MR) is 62.4 cm³/mol. The highest BCUT2D eigenvalue weighted by molar-refractivity contribution is 5.92. The summed E-state index contributed by atoms with van der Waals surface area (Å²) >= 11 is 0. The second-order valence-corrected chi connectivity index (χ2v) is 3.95. The highest BCUT2D eigenvalue weighted by Gasteiger charge is 2.35. The molecular formula is C11H13N3O3. The molecule has 90 valence electrons. The number of rotatable bonds is 3. The second-order valence-electron chi connectivity index (χ2n) is 3.95. The zero-order valence-corrected chi connectivity index (χ0v) is 9.01. The molecule has 2 rings (SSSR count). The van der Waals surface area contributed by atoms with Gasteiger partial charge in [-0.25, -0.2) is 4.79 Å². The molecule has 0 aromatic heterocycles. The lowest BCUT2D eigenvalue weighted by atomic mass is 10.1. The Morgan fingerprint density at radius 1 is 1.41 bits per heavy atom. The number of carboxylic acid groups (broad SMARTS) is 1. The van der Waals surface area contributed by atoms with Crippen LogP contribution < -0.4 is 16.4 Å². The van der Waals surface area contributed by atoms with E-state index in [0.29, 0.717) is 5.69 Å². The maximum absolute atomic E-state index is 11.5. The average molecular weight is 235 g/mol. The molecule has 1 fully saturated rings. The molecule has 0 radical (unpaired) electrons. The first-order valence-electron chi connectivity index (χ1n) is 5.21. The Bertz CT molecular complexity index is 444. The highest BCUT2D eigenvalue weighted by Crippen LogP contribution is 2.16. The van der Waals surface area contributed by atoms with E-state index in [9.17, 15) is 9.59 Å². The summed E-state index contributed by atoms with van der Waals surface area (Å²) in [5.41, 5.74) is 6.91. The van der Waals surface area contributed by atoms with Crippen LogP contribution in [0.3, 0.4) is 0 Å². The summed E-state index contributed by atoms with van der Waals surface area (Å²) in [7, 11) is 0. The Labute approximate surface area is 97.8 Å². The number of anilines is 2. The molecule has 0 spiro atoms. The van der Waals surface area contributed by atoms with Crippen molar-refractivity contribution in [3.8, 4) is 0 Å². The highest BCUT2D eigenvalue weighted by atomic mass is 16.4. The lowest BCUT2D eigenvalue weighted by Gasteiger charge is -2.11. The first kappa shape index (κ1) is 11.3. The summed E-state index contributed by atoms with van der Waals surface area (Å²) in [6, 6.07) is 5.59. The molecule has 2 atom stereocenters. The van der Waals surface area contributed by atoms with Gasteiger partial charge in [-0.05, 0) is 24.3 Å². The number of hydrogen-bond acceptors (Lipinski definition) is 4. The van der Waals surface area contributed by atoms with E-state index in [2.05, 4.69) is 10.6 Å². The van der Waals surface area contributed by atoms with Gasteiger partial charge in [0.2, 0.25) is 5.91 Å². The van der Waals surface area contributed by atoms with Gasteiger partial charge in [0.1, 0.15) is 12.1 Å². The minimum atomic E-state index is -1.01. The molecule has 1 aliphatic rings. The maximum Gasteiger partial charge on any atom is 0.326 e. The molecule has 5 N–H and O–H groups in total. The molecule has 17 heavy (non-hydrogen) atoms. The zero-order valence-electron chi connectivity index (χ0n) is 9.01. The van der Waals surface area contributed by atoms with Crippen LogP contribution in [-0.2, 0) is 9.59 Å². The number of carboxylic acids is 1. The third-order valence-corrected chi connectivity index (χ3v) is 2.65. The van der Waals surface area contributed by atoms with Gasteiger partial charge in [-0.2, -0.15) is 0 Å².